The van der Waals surface area contributed by atoms with Crippen molar-refractivity contribution in [2.45, 2.75) is 52.7 Å². The smallest absolute Gasteiger partial charge is 0.258 e. The molecule has 32 heavy (non-hydrogen) atoms. The van der Waals surface area contributed by atoms with E-state index >= 15 is 4.39 Å². The largest absolute Gasteiger partial charge is 0.490 e. The number of nitrogens with two attached hydrogens (primary N) is 1. The van der Waals surface area contributed by atoms with Crippen molar-refractivity contribution in [3.63, 3.8) is 0 Å². The lowest BCUT2D eigenvalue weighted by molar-refractivity contribution is 0.0913. The zero-order valence-corrected chi connectivity index (χ0v) is 19.4. The number of carbonyl (C=O) groups is 1. The van der Waals surface area contributed by atoms with Gasteiger partial charge in [-0.05, 0) is 33.8 Å². The number of amides is 1. The third-order valence-corrected chi connectivity index (χ3v) is 5.25. The molecular weight excluding hydrogens is 437 g/mol. The maximum atomic E-state index is 15.1. The van der Waals surface area contributed by atoms with Crippen molar-refractivity contribution >= 4 is 28.8 Å². The molecule has 0 aliphatic carbocycles. The maximum absolute atomic E-state index is 15.1. The molecule has 2 heterocycles. The second-order valence-electron chi connectivity index (χ2n) is 8.00. The first kappa shape index (κ1) is 23.7. The molecule has 0 spiro atoms. The number of ether oxygens (including phenoxy) is 1. The van der Waals surface area contributed by atoms with Crippen molar-refractivity contribution in [2.75, 3.05) is 12.3 Å². The summed E-state index contributed by atoms with van der Waals surface area (Å²) in [6.07, 6.45) is 2.16. The van der Waals surface area contributed by atoms with Crippen LogP contribution in [0.25, 0.3) is 5.52 Å². The summed E-state index contributed by atoms with van der Waals surface area (Å²) in [6, 6.07) is 1.45. The summed E-state index contributed by atoms with van der Waals surface area (Å²) < 4.78 is 22.8. The van der Waals surface area contributed by atoms with Crippen LogP contribution in [0.3, 0.4) is 0 Å². The molecule has 0 unspecified atom stereocenters. The minimum atomic E-state index is -0.890. The number of aromatic nitrogens is 3. The molecule has 4 N–H and O–H groups in total. The van der Waals surface area contributed by atoms with Gasteiger partial charge in [-0.3, -0.25) is 9.20 Å². The minimum Gasteiger partial charge on any atom is -0.490 e. The molecule has 1 aromatic carbocycles. The van der Waals surface area contributed by atoms with Crippen LogP contribution in [0.1, 0.15) is 61.1 Å². The van der Waals surface area contributed by atoms with Crippen LogP contribution in [0.4, 0.5) is 10.2 Å². The molecular formula is C22H27ClFN5O3. The highest BCUT2D eigenvalue weighted by molar-refractivity contribution is 6.31. The zero-order chi connectivity index (χ0) is 23.7. The molecule has 1 amide bonds. The first-order valence-corrected chi connectivity index (χ1v) is 10.6. The minimum absolute atomic E-state index is 0.0485. The van der Waals surface area contributed by atoms with Gasteiger partial charge in [0, 0.05) is 30.4 Å². The van der Waals surface area contributed by atoms with E-state index < -0.39 is 23.7 Å². The van der Waals surface area contributed by atoms with Gasteiger partial charge >= 0.3 is 0 Å². The molecule has 8 nitrogen and oxygen atoms in total. The van der Waals surface area contributed by atoms with Gasteiger partial charge in [0.2, 0.25) is 0 Å². The summed E-state index contributed by atoms with van der Waals surface area (Å²) in [6.45, 7) is 8.70. The zero-order valence-electron chi connectivity index (χ0n) is 18.6. The van der Waals surface area contributed by atoms with Gasteiger partial charge in [-0.2, -0.15) is 0 Å². The van der Waals surface area contributed by atoms with Crippen LogP contribution in [-0.4, -0.2) is 44.1 Å². The fourth-order valence-corrected chi connectivity index (χ4v) is 3.77. The summed E-state index contributed by atoms with van der Waals surface area (Å²) in [7, 11) is 0. The van der Waals surface area contributed by atoms with E-state index in [-0.39, 0.29) is 29.0 Å². The van der Waals surface area contributed by atoms with Crippen LogP contribution < -0.4 is 15.8 Å². The molecule has 0 saturated carbocycles. The third-order valence-electron chi connectivity index (χ3n) is 4.98. The number of carbonyl (C=O) groups excluding carboxylic acids is 1. The fraction of sp³-hybridized carbons (Fsp3) is 0.409. The molecule has 0 bridgehead atoms. The maximum Gasteiger partial charge on any atom is 0.258 e. The van der Waals surface area contributed by atoms with Crippen molar-refractivity contribution in [3.8, 4) is 5.75 Å². The van der Waals surface area contributed by atoms with Gasteiger partial charge in [0.05, 0.1) is 22.9 Å². The van der Waals surface area contributed by atoms with Crippen LogP contribution in [0.2, 0.25) is 5.02 Å². The highest BCUT2D eigenvalue weighted by atomic mass is 35.5. The van der Waals surface area contributed by atoms with E-state index in [0.717, 1.165) is 0 Å². The van der Waals surface area contributed by atoms with Gasteiger partial charge < -0.3 is 20.9 Å². The summed E-state index contributed by atoms with van der Waals surface area (Å²) in [5.74, 6) is -1.03. The molecule has 0 fully saturated rings. The van der Waals surface area contributed by atoms with E-state index in [2.05, 4.69) is 15.3 Å². The quantitative estimate of drug-likeness (QED) is 0.494. The lowest BCUT2D eigenvalue weighted by Gasteiger charge is -2.22. The normalized spacial score (nSPS) is 13.4. The second-order valence-corrected chi connectivity index (χ2v) is 8.41. The monoisotopic (exact) mass is 463 g/mol. The highest BCUT2D eigenvalue weighted by Crippen LogP contribution is 2.39. The molecule has 10 heteroatoms. The number of hydrogen-bond donors (Lipinski definition) is 3. The van der Waals surface area contributed by atoms with Gasteiger partial charge in [-0.1, -0.05) is 18.5 Å². The number of aliphatic hydroxyl groups excluding tert-OH is 1. The first-order chi connectivity index (χ1) is 15.0. The van der Waals surface area contributed by atoms with Crippen molar-refractivity contribution < 1.29 is 19.0 Å². The molecule has 2 atom stereocenters. The van der Waals surface area contributed by atoms with E-state index in [1.807, 2.05) is 18.2 Å². The first-order valence-electron chi connectivity index (χ1n) is 10.3. The number of imidazole rings is 1. The Hall–Kier alpha value is -2.91. The molecule has 172 valence electrons. The van der Waals surface area contributed by atoms with Crippen LogP contribution >= 0.6 is 11.6 Å². The number of halogens is 2. The van der Waals surface area contributed by atoms with Crippen molar-refractivity contribution in [1.29, 1.82) is 0 Å². The molecule has 3 aromatic rings. The summed E-state index contributed by atoms with van der Waals surface area (Å²) >= 11 is 6.20. The van der Waals surface area contributed by atoms with Crippen LogP contribution in [0.5, 0.6) is 5.75 Å². The predicted octanol–water partition coefficient (Wildman–Crippen LogP) is 3.46. The van der Waals surface area contributed by atoms with Gasteiger partial charge in [0.15, 0.2) is 5.82 Å². The number of nitrogen functional groups attached to an aromatic ring is 1. The number of aryl methyl sites for hydroxylation is 1. The molecule has 0 saturated heterocycles. The van der Waals surface area contributed by atoms with Gasteiger partial charge in [0.25, 0.3) is 5.91 Å². The van der Waals surface area contributed by atoms with Crippen molar-refractivity contribution in [1.82, 2.24) is 19.7 Å². The van der Waals surface area contributed by atoms with E-state index in [9.17, 15) is 9.90 Å². The summed E-state index contributed by atoms with van der Waals surface area (Å²) in [5, 5.41) is 11.8. The van der Waals surface area contributed by atoms with E-state index in [4.69, 9.17) is 22.1 Å². The van der Waals surface area contributed by atoms with E-state index in [1.165, 1.54) is 13.0 Å². The lowest BCUT2D eigenvalue weighted by Crippen LogP contribution is -2.32. The molecule has 0 radical (unpaired) electrons. The third kappa shape index (κ3) is 4.49. The topological polar surface area (TPSA) is 115 Å². The van der Waals surface area contributed by atoms with Crippen LogP contribution in [-0.2, 0) is 0 Å². The summed E-state index contributed by atoms with van der Waals surface area (Å²) in [5.41, 5.74) is 7.57. The Labute approximate surface area is 190 Å². The summed E-state index contributed by atoms with van der Waals surface area (Å²) in [4.78, 5) is 21.6. The molecule has 0 aliphatic heterocycles. The molecule has 3 rings (SSSR count). The van der Waals surface area contributed by atoms with Crippen molar-refractivity contribution in [2.24, 2.45) is 0 Å². The number of aliphatic hydroxyl groups is 1. The van der Waals surface area contributed by atoms with Gasteiger partial charge in [-0.25, -0.2) is 14.4 Å². The standard InChI is InChI=1S/C22H27ClFN5O3/c1-10(2)32-19-14(8-15(23)17(24)16(19)22(31)27-9-11(3)30)12(4)21-28-13(5)18-20(25)26-6-7-29(18)21/h6-8,10-12,30H,9H2,1-5H3,(H2,25,26)(H,27,31)/t11-,12-/m0/s1. The Kier molecular flexibility index (Phi) is 6.90. The lowest BCUT2D eigenvalue weighted by atomic mass is 9.95. The Bertz CT molecular complexity index is 1160. The Balaban J connectivity index is 2.22. The Morgan fingerprint density at radius 1 is 1.38 bits per heavy atom. The number of fused-ring (bicyclic) bond motifs is 1. The number of nitrogens with one attached hydrogen (secondary N) is 1. The number of anilines is 1. The highest BCUT2D eigenvalue weighted by Gasteiger charge is 2.30. The van der Waals surface area contributed by atoms with Crippen LogP contribution in [0, 0.1) is 12.7 Å². The average Bonchev–Trinajstić information content (AvgIpc) is 3.06. The number of benzene rings is 1. The van der Waals surface area contributed by atoms with Gasteiger partial charge in [-0.15, -0.1) is 0 Å². The van der Waals surface area contributed by atoms with Gasteiger partial charge in [0.1, 0.15) is 28.5 Å². The Morgan fingerprint density at radius 2 is 2.06 bits per heavy atom. The SMILES string of the molecule is Cc1nc([C@@H](C)c2cc(Cl)c(F)c(C(=O)NC[C@H](C)O)c2OC(C)C)n2ccnc(N)c12. The van der Waals surface area contributed by atoms with E-state index in [1.54, 1.807) is 26.2 Å². The van der Waals surface area contributed by atoms with Crippen LogP contribution in [0.15, 0.2) is 18.5 Å². The number of nitrogens with zero attached hydrogens (tertiary/aromatic N) is 3. The molecule has 0 aliphatic rings. The Morgan fingerprint density at radius 3 is 2.69 bits per heavy atom. The fourth-order valence-electron chi connectivity index (χ4n) is 3.56. The molecule has 2 aromatic heterocycles. The van der Waals surface area contributed by atoms with E-state index in [0.29, 0.717) is 28.4 Å². The number of hydrogen-bond acceptors (Lipinski definition) is 6. The number of rotatable bonds is 7. The van der Waals surface area contributed by atoms with Crippen molar-refractivity contribution in [3.05, 3.63) is 51.9 Å². The average molecular weight is 464 g/mol. The predicted molar refractivity (Wildman–Crippen MR) is 121 cm³/mol. The second kappa shape index (κ2) is 9.30.